The van der Waals surface area contributed by atoms with Crippen molar-refractivity contribution in [3.05, 3.63) is 53.7 Å². The number of amides is 1. The van der Waals surface area contributed by atoms with Crippen molar-refractivity contribution in [2.45, 2.75) is 57.6 Å². The highest BCUT2D eigenvalue weighted by atomic mass is 16.3. The van der Waals surface area contributed by atoms with Crippen LogP contribution in [-0.2, 0) is 13.0 Å². The van der Waals surface area contributed by atoms with Crippen molar-refractivity contribution < 1.29 is 9.90 Å². The SMILES string of the molecule is O=C(c1ccc2nccnc2c1)N1CCc2c(ncnc2NCC(O)C23CC4CC(CC(C4)C2)C3)C1. The molecular weight excluding hydrogens is 452 g/mol. The van der Waals surface area contributed by atoms with E-state index in [0.29, 0.717) is 37.1 Å². The zero-order valence-electron chi connectivity index (χ0n) is 20.4. The molecule has 0 saturated heterocycles. The number of hydrogen-bond acceptors (Lipinski definition) is 7. The summed E-state index contributed by atoms with van der Waals surface area (Å²) in [6, 6.07) is 5.46. The number of hydrogen-bond donors (Lipinski definition) is 2. The Bertz CT molecular complexity index is 1290. The maximum atomic E-state index is 13.2. The summed E-state index contributed by atoms with van der Waals surface area (Å²) >= 11 is 0. The van der Waals surface area contributed by atoms with Crippen molar-refractivity contribution in [1.82, 2.24) is 24.8 Å². The summed E-state index contributed by atoms with van der Waals surface area (Å²) in [4.78, 5) is 32.7. The van der Waals surface area contributed by atoms with E-state index in [1.54, 1.807) is 24.8 Å². The second kappa shape index (κ2) is 8.47. The van der Waals surface area contributed by atoms with Gasteiger partial charge in [0.15, 0.2) is 0 Å². The van der Waals surface area contributed by atoms with Crippen LogP contribution in [0.2, 0.25) is 0 Å². The van der Waals surface area contributed by atoms with Crippen molar-refractivity contribution >= 4 is 22.8 Å². The summed E-state index contributed by atoms with van der Waals surface area (Å²) in [7, 11) is 0. The number of fused-ring (bicyclic) bond motifs is 2. The molecule has 8 rings (SSSR count). The van der Waals surface area contributed by atoms with Crippen LogP contribution >= 0.6 is 0 Å². The van der Waals surface area contributed by atoms with Crippen molar-refractivity contribution in [2.75, 3.05) is 18.4 Å². The van der Waals surface area contributed by atoms with Crippen LogP contribution in [0.4, 0.5) is 5.82 Å². The van der Waals surface area contributed by atoms with E-state index in [4.69, 9.17) is 0 Å². The normalized spacial score (nSPS) is 29.2. The Labute approximate surface area is 210 Å². The van der Waals surface area contributed by atoms with Crippen LogP contribution in [0.25, 0.3) is 11.0 Å². The predicted octanol–water partition coefficient (Wildman–Crippen LogP) is 3.61. The smallest absolute Gasteiger partial charge is 0.254 e. The molecule has 36 heavy (non-hydrogen) atoms. The monoisotopic (exact) mass is 484 g/mol. The first-order valence-corrected chi connectivity index (χ1v) is 13.3. The number of anilines is 1. The molecule has 4 bridgehead atoms. The van der Waals surface area contributed by atoms with Gasteiger partial charge < -0.3 is 15.3 Å². The molecule has 1 unspecified atom stereocenters. The fourth-order valence-corrected chi connectivity index (χ4v) is 7.95. The minimum Gasteiger partial charge on any atom is -0.391 e. The van der Waals surface area contributed by atoms with Gasteiger partial charge in [0, 0.05) is 36.6 Å². The molecule has 0 spiro atoms. The first kappa shape index (κ1) is 22.1. The number of carbonyl (C=O) groups excluding carboxylic acids is 1. The number of nitrogens with zero attached hydrogens (tertiary/aromatic N) is 5. The van der Waals surface area contributed by atoms with Gasteiger partial charge in [0.1, 0.15) is 12.1 Å². The van der Waals surface area contributed by atoms with Gasteiger partial charge in [-0.25, -0.2) is 9.97 Å². The fourth-order valence-electron chi connectivity index (χ4n) is 7.95. The van der Waals surface area contributed by atoms with Crippen LogP contribution < -0.4 is 5.32 Å². The van der Waals surface area contributed by atoms with E-state index in [9.17, 15) is 9.90 Å². The van der Waals surface area contributed by atoms with E-state index in [0.717, 1.165) is 40.3 Å². The highest BCUT2D eigenvalue weighted by Gasteiger charge is 2.53. The van der Waals surface area contributed by atoms with E-state index in [-0.39, 0.29) is 17.4 Å². The number of aliphatic hydroxyl groups excluding tert-OH is 1. The van der Waals surface area contributed by atoms with Gasteiger partial charge in [-0.05, 0) is 86.3 Å². The molecule has 8 nitrogen and oxygen atoms in total. The lowest BCUT2D eigenvalue weighted by atomic mass is 9.48. The van der Waals surface area contributed by atoms with Gasteiger partial charge in [0.2, 0.25) is 0 Å². The molecule has 3 heterocycles. The standard InChI is InChI=1S/C28H32N6O2/c35-25(28-11-17-7-18(12-28)9-19(8-17)13-28)14-31-26-21-3-6-34(15-24(21)32-16-33-26)27(36)20-1-2-22-23(10-20)30-5-4-29-22/h1-2,4-5,10,16-19,25,35H,3,6-9,11-15H2,(H,31,32,33). The maximum Gasteiger partial charge on any atom is 0.254 e. The zero-order valence-corrected chi connectivity index (χ0v) is 20.4. The molecule has 2 aromatic heterocycles. The second-order valence-corrected chi connectivity index (χ2v) is 11.6. The zero-order chi connectivity index (χ0) is 24.3. The Hall–Kier alpha value is -3.13. The number of aromatic nitrogens is 4. The fraction of sp³-hybridized carbons (Fsp3) is 0.536. The van der Waals surface area contributed by atoms with Crippen LogP contribution in [0.15, 0.2) is 36.9 Å². The highest BCUT2D eigenvalue weighted by molar-refractivity contribution is 5.97. The molecule has 4 fully saturated rings. The van der Waals surface area contributed by atoms with E-state index >= 15 is 0 Å². The molecule has 1 amide bonds. The van der Waals surface area contributed by atoms with Gasteiger partial charge >= 0.3 is 0 Å². The van der Waals surface area contributed by atoms with E-state index in [2.05, 4.69) is 25.3 Å². The number of carbonyl (C=O) groups is 1. The third-order valence-electron chi connectivity index (χ3n) is 9.27. The number of nitrogens with one attached hydrogen (secondary N) is 1. The molecule has 3 aromatic rings. The van der Waals surface area contributed by atoms with Gasteiger partial charge in [-0.1, -0.05) is 0 Å². The molecule has 4 saturated carbocycles. The predicted molar refractivity (Wildman–Crippen MR) is 135 cm³/mol. The van der Waals surface area contributed by atoms with Crippen LogP contribution in [0.3, 0.4) is 0 Å². The Morgan fingerprint density at radius 3 is 2.50 bits per heavy atom. The van der Waals surface area contributed by atoms with Gasteiger partial charge in [0.05, 0.1) is 29.4 Å². The lowest BCUT2D eigenvalue weighted by molar-refractivity contribution is -0.115. The summed E-state index contributed by atoms with van der Waals surface area (Å²) in [5.74, 6) is 3.22. The Balaban J connectivity index is 1.05. The molecule has 2 N–H and O–H groups in total. The summed E-state index contributed by atoms with van der Waals surface area (Å²) in [6.45, 7) is 1.57. The van der Waals surface area contributed by atoms with Crippen LogP contribution in [-0.4, -0.2) is 55.0 Å². The Morgan fingerprint density at radius 2 is 1.75 bits per heavy atom. The maximum absolute atomic E-state index is 13.2. The van der Waals surface area contributed by atoms with Gasteiger partial charge in [-0.3, -0.25) is 14.8 Å². The van der Waals surface area contributed by atoms with Crippen molar-refractivity contribution in [1.29, 1.82) is 0 Å². The van der Waals surface area contributed by atoms with Gasteiger partial charge in [-0.15, -0.1) is 0 Å². The molecule has 8 heteroatoms. The van der Waals surface area contributed by atoms with Crippen LogP contribution in [0.5, 0.6) is 0 Å². The summed E-state index contributed by atoms with van der Waals surface area (Å²) in [5.41, 5.74) is 4.12. The summed E-state index contributed by atoms with van der Waals surface area (Å²) < 4.78 is 0. The third-order valence-corrected chi connectivity index (χ3v) is 9.27. The average molecular weight is 485 g/mol. The Morgan fingerprint density at radius 1 is 1.03 bits per heavy atom. The number of benzene rings is 1. The Kier molecular flexibility index (Phi) is 5.20. The quantitative estimate of drug-likeness (QED) is 0.570. The molecule has 1 aliphatic heterocycles. The van der Waals surface area contributed by atoms with Gasteiger partial charge in [0.25, 0.3) is 5.91 Å². The summed E-state index contributed by atoms with van der Waals surface area (Å²) in [5, 5.41) is 14.8. The van der Waals surface area contributed by atoms with Crippen molar-refractivity contribution in [3.8, 4) is 0 Å². The topological polar surface area (TPSA) is 104 Å². The molecule has 186 valence electrons. The largest absolute Gasteiger partial charge is 0.391 e. The van der Waals surface area contributed by atoms with Crippen molar-refractivity contribution in [2.24, 2.45) is 23.2 Å². The van der Waals surface area contributed by atoms with Crippen molar-refractivity contribution in [3.63, 3.8) is 0 Å². The van der Waals surface area contributed by atoms with Crippen LogP contribution in [0.1, 0.15) is 60.1 Å². The number of rotatable bonds is 5. The molecule has 4 aliphatic carbocycles. The molecule has 5 aliphatic rings. The van der Waals surface area contributed by atoms with Crippen LogP contribution in [0, 0.1) is 23.2 Å². The minimum absolute atomic E-state index is 0.0291. The van der Waals surface area contributed by atoms with E-state index < -0.39 is 0 Å². The molecule has 0 radical (unpaired) electrons. The molecule has 1 aromatic carbocycles. The first-order chi connectivity index (χ1) is 17.6. The number of aliphatic hydroxyl groups is 1. The lowest BCUT2D eigenvalue weighted by Crippen LogP contribution is -2.53. The first-order valence-electron chi connectivity index (χ1n) is 13.3. The highest BCUT2D eigenvalue weighted by Crippen LogP contribution is 2.61. The van der Waals surface area contributed by atoms with E-state index in [1.807, 2.05) is 17.0 Å². The van der Waals surface area contributed by atoms with E-state index in [1.165, 1.54) is 38.5 Å². The summed E-state index contributed by atoms with van der Waals surface area (Å²) in [6.07, 6.45) is 12.9. The molecule has 1 atom stereocenters. The molecular formula is C28H32N6O2. The lowest BCUT2D eigenvalue weighted by Gasteiger charge is -2.58. The second-order valence-electron chi connectivity index (χ2n) is 11.6. The van der Waals surface area contributed by atoms with Gasteiger partial charge in [-0.2, -0.15) is 0 Å². The average Bonchev–Trinajstić information content (AvgIpc) is 2.90. The minimum atomic E-state index is -0.353. The third kappa shape index (κ3) is 3.74.